The Labute approximate surface area is 128 Å². The summed E-state index contributed by atoms with van der Waals surface area (Å²) in [6.07, 6.45) is 3.04. The van der Waals surface area contributed by atoms with Crippen molar-refractivity contribution in [3.05, 3.63) is 42.5 Å². The molecule has 0 N–H and O–H groups in total. The smallest absolute Gasteiger partial charge is 0.372 e. The van der Waals surface area contributed by atoms with E-state index < -0.39 is 8.56 Å². The van der Waals surface area contributed by atoms with Crippen LogP contribution in [0.25, 0.3) is 0 Å². The van der Waals surface area contributed by atoms with Gasteiger partial charge in [0.15, 0.2) is 0 Å². The van der Waals surface area contributed by atoms with E-state index in [-0.39, 0.29) is 12.6 Å². The Balaban J connectivity index is 2.65. The molecule has 0 heterocycles. The van der Waals surface area contributed by atoms with Crippen LogP contribution in [-0.4, -0.2) is 34.4 Å². The van der Waals surface area contributed by atoms with Gasteiger partial charge in [0.25, 0.3) is 0 Å². The summed E-state index contributed by atoms with van der Waals surface area (Å²) >= 11 is 0. The van der Waals surface area contributed by atoms with E-state index in [2.05, 4.69) is 6.92 Å². The third kappa shape index (κ3) is 5.45. The molecule has 1 aromatic rings. The van der Waals surface area contributed by atoms with Gasteiger partial charge in [-0.25, -0.2) is 4.79 Å². The van der Waals surface area contributed by atoms with E-state index in [1.807, 2.05) is 37.3 Å². The molecule has 0 saturated heterocycles. The van der Waals surface area contributed by atoms with Gasteiger partial charge in [-0.3, -0.25) is 0 Å². The number of hydrogen-bond acceptors (Lipinski definition) is 4. The molecule has 0 amide bonds. The van der Waals surface area contributed by atoms with Crippen LogP contribution in [0.5, 0.6) is 0 Å². The zero-order chi connectivity index (χ0) is 15.6. The fourth-order valence-electron chi connectivity index (χ4n) is 2.07. The van der Waals surface area contributed by atoms with Crippen LogP contribution >= 0.6 is 0 Å². The molecule has 116 valence electrons. The zero-order valence-electron chi connectivity index (χ0n) is 13.0. The molecule has 0 fully saturated rings. The van der Waals surface area contributed by atoms with Crippen molar-refractivity contribution >= 4 is 19.7 Å². The summed E-state index contributed by atoms with van der Waals surface area (Å²) in [5, 5.41) is 1.11. The molecule has 1 aromatic carbocycles. The van der Waals surface area contributed by atoms with Crippen LogP contribution in [0.4, 0.5) is 0 Å². The summed E-state index contributed by atoms with van der Waals surface area (Å²) in [6.45, 7) is 7.00. The Kier molecular flexibility index (Phi) is 7.96. The van der Waals surface area contributed by atoms with Gasteiger partial charge in [-0.05, 0) is 25.1 Å². The van der Waals surface area contributed by atoms with Crippen LogP contribution in [0.3, 0.4) is 0 Å². The summed E-state index contributed by atoms with van der Waals surface area (Å²) in [7, 11) is -2.45. The fourth-order valence-corrected chi connectivity index (χ4v) is 4.89. The first-order valence-electron chi connectivity index (χ1n) is 7.31. The third-order valence-corrected chi connectivity index (χ3v) is 6.59. The lowest BCUT2D eigenvalue weighted by Gasteiger charge is -2.29. The molecule has 0 bridgehead atoms. The second-order valence-corrected chi connectivity index (χ2v) is 7.79. The lowest BCUT2D eigenvalue weighted by Crippen LogP contribution is -2.53. The maximum Gasteiger partial charge on any atom is 0.372 e. The molecule has 0 radical (unpaired) electrons. The number of benzene rings is 1. The summed E-state index contributed by atoms with van der Waals surface area (Å²) in [4.78, 5) is 11.2. The fraction of sp³-hybridized carbons (Fsp3) is 0.438. The largest absolute Gasteiger partial charge is 0.460 e. The first-order valence-corrected chi connectivity index (χ1v) is 9.33. The molecular weight excluding hydrogens is 284 g/mol. The Morgan fingerprint density at radius 1 is 1.14 bits per heavy atom. The second-order valence-electron chi connectivity index (χ2n) is 4.42. The van der Waals surface area contributed by atoms with Gasteiger partial charge in [-0.1, -0.05) is 43.3 Å². The molecular formula is C16H24O4Si. The number of carbonyl (C=O) groups excluding carboxylic acids is 1. The summed E-state index contributed by atoms with van der Waals surface area (Å²) < 4.78 is 17.1. The van der Waals surface area contributed by atoms with Gasteiger partial charge in [-0.2, -0.15) is 0 Å². The van der Waals surface area contributed by atoms with Gasteiger partial charge in [0.2, 0.25) is 0 Å². The van der Waals surface area contributed by atoms with E-state index >= 15 is 0 Å². The van der Waals surface area contributed by atoms with E-state index in [9.17, 15) is 4.79 Å². The molecule has 0 spiro atoms. The molecule has 1 rings (SSSR count). The highest BCUT2D eigenvalue weighted by Gasteiger charge is 2.37. The molecule has 0 aliphatic heterocycles. The molecule has 0 aliphatic carbocycles. The Bertz CT molecular complexity index is 447. The maximum absolute atomic E-state index is 11.2. The monoisotopic (exact) mass is 308 g/mol. The number of allylic oxidation sites excluding steroid dienone is 1. The van der Waals surface area contributed by atoms with Crippen molar-refractivity contribution in [2.75, 3.05) is 19.8 Å². The van der Waals surface area contributed by atoms with E-state index in [0.717, 1.165) is 11.2 Å². The molecule has 1 atom stereocenters. The van der Waals surface area contributed by atoms with Crippen molar-refractivity contribution in [1.29, 1.82) is 0 Å². The van der Waals surface area contributed by atoms with Gasteiger partial charge >= 0.3 is 14.5 Å². The number of rotatable bonds is 9. The van der Waals surface area contributed by atoms with Crippen molar-refractivity contribution in [2.24, 2.45) is 0 Å². The van der Waals surface area contributed by atoms with Crippen molar-refractivity contribution in [2.45, 2.75) is 26.8 Å². The number of carbonyl (C=O) groups is 1. The highest BCUT2D eigenvalue weighted by Crippen LogP contribution is 2.14. The average Bonchev–Trinajstić information content (AvgIpc) is 2.51. The summed E-state index contributed by atoms with van der Waals surface area (Å²) in [5.74, 6) is -0.346. The van der Waals surface area contributed by atoms with Crippen LogP contribution in [0, 0.1) is 0 Å². The maximum atomic E-state index is 11.2. The van der Waals surface area contributed by atoms with Crippen LogP contribution in [0.15, 0.2) is 42.5 Å². The minimum absolute atomic E-state index is 0.234. The van der Waals surface area contributed by atoms with Gasteiger partial charge in [0.05, 0.1) is 6.61 Å². The molecule has 0 aromatic heterocycles. The molecule has 0 aliphatic rings. The van der Waals surface area contributed by atoms with Crippen LogP contribution in [-0.2, 0) is 18.4 Å². The van der Waals surface area contributed by atoms with Crippen molar-refractivity contribution in [3.8, 4) is 0 Å². The van der Waals surface area contributed by atoms with Crippen molar-refractivity contribution < 1.29 is 18.4 Å². The van der Waals surface area contributed by atoms with Crippen molar-refractivity contribution in [3.63, 3.8) is 0 Å². The lowest BCUT2D eigenvalue weighted by molar-refractivity contribution is -0.138. The topological polar surface area (TPSA) is 44.8 Å². The van der Waals surface area contributed by atoms with E-state index in [0.29, 0.717) is 13.2 Å². The van der Waals surface area contributed by atoms with Crippen molar-refractivity contribution in [1.82, 2.24) is 0 Å². The standard InChI is InChI=1S/C16H24O4Si/c1-4-10-16(17)18-13-14-20-21(6-3,19-5-2)15-11-8-7-9-12-15/h4,7-12H,5-6,13-14H2,1-3H3. The zero-order valence-corrected chi connectivity index (χ0v) is 14.0. The Hall–Kier alpha value is -1.43. The van der Waals surface area contributed by atoms with Crippen LogP contribution in [0.2, 0.25) is 6.04 Å². The van der Waals surface area contributed by atoms with Crippen LogP contribution < -0.4 is 5.19 Å². The Morgan fingerprint density at radius 2 is 1.86 bits per heavy atom. The molecule has 5 heteroatoms. The second kappa shape index (κ2) is 9.49. The summed E-state index contributed by atoms with van der Waals surface area (Å²) in [5.41, 5.74) is 0. The lowest BCUT2D eigenvalue weighted by atomic mass is 10.4. The molecule has 0 saturated carbocycles. The highest BCUT2D eigenvalue weighted by atomic mass is 28.4. The highest BCUT2D eigenvalue weighted by molar-refractivity contribution is 6.81. The predicted octanol–water partition coefficient (Wildman–Crippen LogP) is 2.53. The Morgan fingerprint density at radius 3 is 2.43 bits per heavy atom. The van der Waals surface area contributed by atoms with Gasteiger partial charge < -0.3 is 13.6 Å². The normalized spacial score (nSPS) is 14.0. The molecule has 4 nitrogen and oxygen atoms in total. The van der Waals surface area contributed by atoms with Crippen LogP contribution in [0.1, 0.15) is 20.8 Å². The first-order chi connectivity index (χ1) is 10.2. The quantitative estimate of drug-likeness (QED) is 0.304. The summed E-state index contributed by atoms with van der Waals surface area (Å²) in [6, 6.07) is 10.8. The van der Waals surface area contributed by atoms with E-state index in [1.165, 1.54) is 6.08 Å². The number of hydrogen-bond donors (Lipinski definition) is 0. The van der Waals surface area contributed by atoms with Gasteiger partial charge in [0, 0.05) is 12.7 Å². The average molecular weight is 308 g/mol. The van der Waals surface area contributed by atoms with Gasteiger partial charge in [0.1, 0.15) is 6.61 Å². The molecule has 21 heavy (non-hydrogen) atoms. The van der Waals surface area contributed by atoms with Gasteiger partial charge in [-0.15, -0.1) is 0 Å². The molecule has 1 unspecified atom stereocenters. The minimum Gasteiger partial charge on any atom is -0.460 e. The SMILES string of the molecule is CC=CC(=O)OCCO[Si](CC)(OCC)c1ccccc1. The number of esters is 1. The van der Waals surface area contributed by atoms with E-state index in [1.54, 1.807) is 13.0 Å². The third-order valence-electron chi connectivity index (χ3n) is 3.02. The number of ether oxygens (including phenoxy) is 1. The predicted molar refractivity (Wildman–Crippen MR) is 85.7 cm³/mol. The van der Waals surface area contributed by atoms with E-state index in [4.69, 9.17) is 13.6 Å². The minimum atomic E-state index is -2.45. The first kappa shape index (κ1) is 17.6.